The van der Waals surface area contributed by atoms with Gasteiger partial charge >= 0.3 is 13.2 Å². The third kappa shape index (κ3) is 4.96. The zero-order valence-electron chi connectivity index (χ0n) is 18.4. The molecular weight excluding hydrogens is 405 g/mol. The summed E-state index contributed by atoms with van der Waals surface area (Å²) in [5.41, 5.74) is 3.18. The molecule has 2 aromatic carbocycles. The fraction of sp³-hybridized carbons (Fsp3) is 0.333. The molecule has 8 heteroatoms. The molecule has 1 amide bonds. The second kappa shape index (κ2) is 8.69. The number of ether oxygens (including phenoxy) is 1. The van der Waals surface area contributed by atoms with Gasteiger partial charge in [-0.3, -0.25) is 4.90 Å². The molecule has 164 valence electrons. The highest BCUT2D eigenvalue weighted by Gasteiger charge is 2.34. The van der Waals surface area contributed by atoms with Crippen molar-refractivity contribution in [3.63, 3.8) is 0 Å². The Bertz CT molecular complexity index is 1190. The Balaban J connectivity index is 1.54. The summed E-state index contributed by atoms with van der Waals surface area (Å²) in [6.45, 7) is 6.25. The number of amides is 1. The van der Waals surface area contributed by atoms with Gasteiger partial charge in [0.2, 0.25) is 0 Å². The number of carbonyl (C=O) groups is 1. The van der Waals surface area contributed by atoms with E-state index in [4.69, 9.17) is 9.72 Å². The monoisotopic (exact) mass is 431 g/mol. The predicted octanol–water partition coefficient (Wildman–Crippen LogP) is 2.71. The SMILES string of the molecule is CC(C)(C)OC(=O)N1CCC[C@H]1c1nc2ccc(C#Cc3ccc(B(O)O)cc3)cc2[nH]1. The lowest BCUT2D eigenvalue weighted by molar-refractivity contribution is 0.0219. The number of benzene rings is 2. The van der Waals surface area contributed by atoms with Crippen molar-refractivity contribution in [1.82, 2.24) is 14.9 Å². The molecule has 0 aliphatic carbocycles. The molecular formula is C24H26BN3O4. The number of nitrogens with one attached hydrogen (secondary N) is 1. The highest BCUT2D eigenvalue weighted by Crippen LogP contribution is 2.32. The average molecular weight is 431 g/mol. The summed E-state index contributed by atoms with van der Waals surface area (Å²) in [5.74, 6) is 6.96. The number of imidazole rings is 1. The number of likely N-dealkylation sites (tertiary alicyclic amines) is 1. The first-order valence-electron chi connectivity index (χ1n) is 10.7. The molecule has 1 aromatic heterocycles. The average Bonchev–Trinajstić information content (AvgIpc) is 3.37. The minimum absolute atomic E-state index is 0.132. The van der Waals surface area contributed by atoms with E-state index < -0.39 is 12.7 Å². The maximum absolute atomic E-state index is 12.6. The summed E-state index contributed by atoms with van der Waals surface area (Å²) in [7, 11) is -1.49. The summed E-state index contributed by atoms with van der Waals surface area (Å²) in [4.78, 5) is 22.4. The van der Waals surface area contributed by atoms with Crippen LogP contribution in [0.4, 0.5) is 4.79 Å². The van der Waals surface area contributed by atoms with E-state index in [-0.39, 0.29) is 12.1 Å². The third-order valence-corrected chi connectivity index (χ3v) is 5.26. The molecule has 32 heavy (non-hydrogen) atoms. The summed E-state index contributed by atoms with van der Waals surface area (Å²) >= 11 is 0. The van der Waals surface area contributed by atoms with Crippen molar-refractivity contribution in [1.29, 1.82) is 0 Å². The zero-order valence-corrected chi connectivity index (χ0v) is 18.4. The molecule has 0 radical (unpaired) electrons. The van der Waals surface area contributed by atoms with Crippen LogP contribution in [0.3, 0.4) is 0 Å². The highest BCUT2D eigenvalue weighted by atomic mass is 16.6. The zero-order chi connectivity index (χ0) is 22.9. The van der Waals surface area contributed by atoms with Crippen molar-refractivity contribution in [2.24, 2.45) is 0 Å². The number of aromatic nitrogens is 2. The number of hydrogen-bond acceptors (Lipinski definition) is 5. The van der Waals surface area contributed by atoms with Gasteiger partial charge in [0.15, 0.2) is 0 Å². The smallest absolute Gasteiger partial charge is 0.444 e. The topological polar surface area (TPSA) is 98.7 Å². The lowest BCUT2D eigenvalue weighted by atomic mass is 9.80. The van der Waals surface area contributed by atoms with Gasteiger partial charge in [0, 0.05) is 17.7 Å². The molecule has 3 N–H and O–H groups in total. The van der Waals surface area contributed by atoms with Gasteiger partial charge in [0.05, 0.1) is 17.1 Å². The molecule has 2 heterocycles. The summed E-state index contributed by atoms with van der Waals surface area (Å²) in [5, 5.41) is 18.4. The van der Waals surface area contributed by atoms with Crippen LogP contribution in [-0.4, -0.2) is 50.3 Å². The number of H-pyrrole nitrogens is 1. The van der Waals surface area contributed by atoms with Crippen LogP contribution in [0.25, 0.3) is 11.0 Å². The highest BCUT2D eigenvalue weighted by molar-refractivity contribution is 6.58. The van der Waals surface area contributed by atoms with Crippen LogP contribution in [0.15, 0.2) is 42.5 Å². The first-order valence-corrected chi connectivity index (χ1v) is 10.7. The Hall–Kier alpha value is -3.28. The molecule has 4 rings (SSSR count). The molecule has 0 spiro atoms. The first kappa shape index (κ1) is 21.9. The van der Waals surface area contributed by atoms with Crippen LogP contribution in [0.2, 0.25) is 0 Å². The summed E-state index contributed by atoms with van der Waals surface area (Å²) in [6.07, 6.45) is 1.43. The number of carbonyl (C=O) groups excluding carboxylic acids is 1. The van der Waals surface area contributed by atoms with Gasteiger partial charge in [0.1, 0.15) is 11.4 Å². The van der Waals surface area contributed by atoms with Gasteiger partial charge in [0.25, 0.3) is 0 Å². The molecule has 1 aliphatic heterocycles. The van der Waals surface area contributed by atoms with E-state index in [9.17, 15) is 14.8 Å². The lowest BCUT2D eigenvalue weighted by Gasteiger charge is -2.27. The number of nitrogens with zero attached hydrogens (tertiary/aromatic N) is 2. The van der Waals surface area contributed by atoms with Crippen molar-refractivity contribution in [2.75, 3.05) is 6.54 Å². The Morgan fingerprint density at radius 2 is 1.84 bits per heavy atom. The molecule has 3 aromatic rings. The van der Waals surface area contributed by atoms with Gasteiger partial charge in [-0.2, -0.15) is 0 Å². The Morgan fingerprint density at radius 1 is 1.16 bits per heavy atom. The molecule has 1 fully saturated rings. The number of rotatable bonds is 2. The van der Waals surface area contributed by atoms with Crippen molar-refractivity contribution >= 4 is 29.7 Å². The minimum atomic E-state index is -1.49. The third-order valence-electron chi connectivity index (χ3n) is 5.26. The van der Waals surface area contributed by atoms with Crippen LogP contribution < -0.4 is 5.46 Å². The van der Waals surface area contributed by atoms with Crippen molar-refractivity contribution < 1.29 is 19.6 Å². The van der Waals surface area contributed by atoms with Crippen molar-refractivity contribution in [3.05, 3.63) is 59.4 Å². The van der Waals surface area contributed by atoms with Crippen LogP contribution >= 0.6 is 0 Å². The van der Waals surface area contributed by atoms with Gasteiger partial charge in [-0.05, 0) is 69.4 Å². The van der Waals surface area contributed by atoms with E-state index in [0.717, 1.165) is 40.8 Å². The quantitative estimate of drug-likeness (QED) is 0.428. The molecule has 1 atom stereocenters. The van der Waals surface area contributed by atoms with Gasteiger partial charge in [-0.15, -0.1) is 0 Å². The molecule has 0 saturated carbocycles. The molecule has 0 bridgehead atoms. The number of fused-ring (bicyclic) bond motifs is 1. The normalized spacial score (nSPS) is 16.0. The Morgan fingerprint density at radius 3 is 2.53 bits per heavy atom. The van der Waals surface area contributed by atoms with Gasteiger partial charge < -0.3 is 19.8 Å². The van der Waals surface area contributed by atoms with Crippen molar-refractivity contribution in [2.45, 2.75) is 45.3 Å². The van der Waals surface area contributed by atoms with E-state index in [1.54, 1.807) is 29.2 Å². The summed E-state index contributed by atoms with van der Waals surface area (Å²) in [6, 6.07) is 12.4. The van der Waals surface area contributed by atoms with E-state index >= 15 is 0 Å². The standard InChI is InChI=1S/C24H26BN3O4/c1-24(2,3)32-23(29)28-14-4-5-21(28)22-26-19-13-10-17(15-20(19)27-22)7-6-16-8-11-18(12-9-16)25(30)31/h8-13,15,21,30-31H,4-5,14H2,1-3H3,(H,26,27)/t21-/m0/s1. The first-order chi connectivity index (χ1) is 15.2. The Kier molecular flexibility index (Phi) is 5.96. The van der Waals surface area contributed by atoms with Gasteiger partial charge in [-0.25, -0.2) is 9.78 Å². The number of hydrogen-bond donors (Lipinski definition) is 3. The van der Waals surface area contributed by atoms with E-state index in [1.807, 2.05) is 39.0 Å². The molecule has 1 saturated heterocycles. The fourth-order valence-corrected chi connectivity index (χ4v) is 3.74. The van der Waals surface area contributed by atoms with E-state index in [1.165, 1.54) is 0 Å². The van der Waals surface area contributed by atoms with Crippen LogP contribution in [0.1, 0.15) is 56.6 Å². The lowest BCUT2D eigenvalue weighted by Crippen LogP contribution is -2.36. The maximum Gasteiger partial charge on any atom is 0.488 e. The molecule has 1 aliphatic rings. The number of aromatic amines is 1. The summed E-state index contributed by atoms with van der Waals surface area (Å²) < 4.78 is 5.56. The Labute approximate surface area is 187 Å². The van der Waals surface area contributed by atoms with Crippen LogP contribution in [0, 0.1) is 11.8 Å². The molecule has 0 unspecified atom stereocenters. The van der Waals surface area contributed by atoms with Crippen LogP contribution in [-0.2, 0) is 4.74 Å². The van der Waals surface area contributed by atoms with E-state index in [2.05, 4.69) is 16.8 Å². The second-order valence-electron chi connectivity index (χ2n) is 8.93. The minimum Gasteiger partial charge on any atom is -0.444 e. The van der Waals surface area contributed by atoms with Crippen LogP contribution in [0.5, 0.6) is 0 Å². The molecule has 7 nitrogen and oxygen atoms in total. The van der Waals surface area contributed by atoms with Gasteiger partial charge in [-0.1, -0.05) is 24.0 Å². The second-order valence-corrected chi connectivity index (χ2v) is 8.93. The maximum atomic E-state index is 12.6. The predicted molar refractivity (Wildman–Crippen MR) is 123 cm³/mol. The largest absolute Gasteiger partial charge is 0.488 e. The van der Waals surface area contributed by atoms with E-state index in [0.29, 0.717) is 12.0 Å². The fourth-order valence-electron chi connectivity index (χ4n) is 3.74. The van der Waals surface area contributed by atoms with Crippen molar-refractivity contribution in [3.8, 4) is 11.8 Å².